The number of aromatic nitrogens is 3. The molecule has 0 aliphatic carbocycles. The van der Waals surface area contributed by atoms with E-state index in [-0.39, 0.29) is 11.2 Å². The molecule has 1 atom stereocenters. The summed E-state index contributed by atoms with van der Waals surface area (Å²) in [5.74, 6) is 0.585. The van der Waals surface area contributed by atoms with Crippen molar-refractivity contribution in [1.82, 2.24) is 15.2 Å². The number of rotatable bonds is 5. The van der Waals surface area contributed by atoms with Gasteiger partial charge in [-0.25, -0.2) is 4.98 Å². The number of thioether (sulfide) groups is 1. The second-order valence-corrected chi connectivity index (χ2v) is 7.72. The van der Waals surface area contributed by atoms with Gasteiger partial charge >= 0.3 is 0 Å². The third kappa shape index (κ3) is 4.49. The Bertz CT molecular complexity index is 879. The van der Waals surface area contributed by atoms with Gasteiger partial charge in [0.1, 0.15) is 0 Å². The van der Waals surface area contributed by atoms with E-state index in [1.54, 1.807) is 0 Å². The van der Waals surface area contributed by atoms with Crippen LogP contribution < -0.4 is 5.32 Å². The summed E-state index contributed by atoms with van der Waals surface area (Å²) in [7, 11) is 0. The Labute approximate surface area is 158 Å². The van der Waals surface area contributed by atoms with Crippen molar-refractivity contribution in [2.24, 2.45) is 0 Å². The van der Waals surface area contributed by atoms with Crippen LogP contribution in [0.15, 0.2) is 58.2 Å². The summed E-state index contributed by atoms with van der Waals surface area (Å²) in [5, 5.41) is 10.2. The average molecular weight is 417 g/mol. The number of carbonyl (C=O) groups excluding carboxylic acids is 1. The Morgan fingerprint density at radius 1 is 1.20 bits per heavy atom. The summed E-state index contributed by atoms with van der Waals surface area (Å²) >= 11 is 4.81. The van der Waals surface area contributed by atoms with Gasteiger partial charge in [-0.05, 0) is 32.0 Å². The minimum absolute atomic E-state index is 0.0823. The van der Waals surface area contributed by atoms with Crippen molar-refractivity contribution in [3.63, 3.8) is 0 Å². The molecule has 1 amide bonds. The lowest BCUT2D eigenvalue weighted by atomic mass is 10.2. The maximum atomic E-state index is 12.3. The predicted molar refractivity (Wildman–Crippen MR) is 105 cm³/mol. The molecule has 0 saturated carbocycles. The van der Waals surface area contributed by atoms with E-state index in [0.717, 1.165) is 21.3 Å². The molecule has 128 valence electrons. The second kappa shape index (κ2) is 7.84. The first kappa shape index (κ1) is 17.7. The van der Waals surface area contributed by atoms with Crippen molar-refractivity contribution in [2.75, 3.05) is 5.32 Å². The number of benzene rings is 2. The largest absolute Gasteiger partial charge is 0.325 e. The van der Waals surface area contributed by atoms with Gasteiger partial charge in [0, 0.05) is 15.7 Å². The van der Waals surface area contributed by atoms with Gasteiger partial charge in [0.25, 0.3) is 0 Å². The van der Waals surface area contributed by atoms with Gasteiger partial charge < -0.3 is 5.32 Å². The van der Waals surface area contributed by atoms with Crippen LogP contribution in [0.5, 0.6) is 0 Å². The SMILES string of the molecule is Cc1ccc(NC(=O)[C@@H](C)Sc2n[nH]c(-c3ccccc3Br)n2)cc1. The van der Waals surface area contributed by atoms with E-state index in [1.165, 1.54) is 11.8 Å². The molecule has 2 N–H and O–H groups in total. The molecule has 0 aliphatic heterocycles. The first-order valence-corrected chi connectivity index (χ1v) is 9.41. The van der Waals surface area contributed by atoms with Crippen LogP contribution in [0, 0.1) is 6.92 Å². The summed E-state index contributed by atoms with van der Waals surface area (Å²) in [6.07, 6.45) is 0. The minimum atomic E-state index is -0.316. The average Bonchev–Trinajstić information content (AvgIpc) is 3.05. The van der Waals surface area contributed by atoms with Crippen LogP contribution in [0.25, 0.3) is 11.4 Å². The number of anilines is 1. The second-order valence-electron chi connectivity index (χ2n) is 5.56. The Kier molecular flexibility index (Phi) is 5.55. The first-order valence-electron chi connectivity index (χ1n) is 7.74. The summed E-state index contributed by atoms with van der Waals surface area (Å²) < 4.78 is 0.938. The number of nitrogens with one attached hydrogen (secondary N) is 2. The van der Waals surface area contributed by atoms with Gasteiger partial charge in [-0.2, -0.15) is 0 Å². The summed E-state index contributed by atoms with van der Waals surface area (Å²) in [6, 6.07) is 15.5. The Morgan fingerprint density at radius 3 is 2.64 bits per heavy atom. The lowest BCUT2D eigenvalue weighted by Gasteiger charge is -2.10. The summed E-state index contributed by atoms with van der Waals surface area (Å²) in [4.78, 5) is 16.8. The quantitative estimate of drug-likeness (QED) is 0.593. The van der Waals surface area contributed by atoms with E-state index in [0.29, 0.717) is 11.0 Å². The number of carbonyl (C=O) groups is 1. The molecule has 2 aromatic carbocycles. The number of halogens is 1. The molecular formula is C18H17BrN4OS. The molecule has 0 radical (unpaired) electrons. The third-order valence-electron chi connectivity index (χ3n) is 3.56. The fourth-order valence-corrected chi connectivity index (χ4v) is 3.36. The molecular weight excluding hydrogens is 400 g/mol. The van der Waals surface area contributed by atoms with E-state index in [1.807, 2.05) is 62.4 Å². The predicted octanol–water partition coefficient (Wildman–Crippen LogP) is 4.66. The van der Waals surface area contributed by atoms with E-state index in [9.17, 15) is 4.79 Å². The number of H-pyrrole nitrogens is 1. The van der Waals surface area contributed by atoms with Crippen LogP contribution in [-0.2, 0) is 4.79 Å². The molecule has 0 spiro atoms. The zero-order chi connectivity index (χ0) is 17.8. The molecule has 1 heterocycles. The number of hydrogen-bond donors (Lipinski definition) is 2. The Morgan fingerprint density at radius 2 is 1.92 bits per heavy atom. The molecule has 0 aliphatic rings. The number of aryl methyl sites for hydroxylation is 1. The van der Waals surface area contributed by atoms with Crippen LogP contribution in [0.2, 0.25) is 0 Å². The van der Waals surface area contributed by atoms with E-state index in [4.69, 9.17) is 0 Å². The minimum Gasteiger partial charge on any atom is -0.325 e. The lowest BCUT2D eigenvalue weighted by molar-refractivity contribution is -0.115. The number of aromatic amines is 1. The molecule has 25 heavy (non-hydrogen) atoms. The Hall–Kier alpha value is -2.12. The highest BCUT2D eigenvalue weighted by Gasteiger charge is 2.18. The van der Waals surface area contributed by atoms with E-state index < -0.39 is 0 Å². The molecule has 1 aromatic heterocycles. The van der Waals surface area contributed by atoms with E-state index >= 15 is 0 Å². The third-order valence-corrected chi connectivity index (χ3v) is 5.22. The molecule has 7 heteroatoms. The van der Waals surface area contributed by atoms with Gasteiger partial charge in [0.05, 0.1) is 5.25 Å². The summed E-state index contributed by atoms with van der Waals surface area (Å²) in [5.41, 5.74) is 2.87. The van der Waals surface area contributed by atoms with Crippen LogP contribution in [0.1, 0.15) is 12.5 Å². The van der Waals surface area contributed by atoms with Crippen molar-refractivity contribution < 1.29 is 4.79 Å². The fraction of sp³-hybridized carbons (Fsp3) is 0.167. The van der Waals surface area contributed by atoms with Crippen LogP contribution in [-0.4, -0.2) is 26.3 Å². The first-order chi connectivity index (χ1) is 12.0. The highest BCUT2D eigenvalue weighted by atomic mass is 79.9. The lowest BCUT2D eigenvalue weighted by Crippen LogP contribution is -2.22. The van der Waals surface area contributed by atoms with Gasteiger partial charge in [-0.15, -0.1) is 5.10 Å². The zero-order valence-corrected chi connectivity index (χ0v) is 16.2. The van der Waals surface area contributed by atoms with Gasteiger partial charge in [-0.3, -0.25) is 9.89 Å². The number of nitrogens with zero attached hydrogens (tertiary/aromatic N) is 2. The fourth-order valence-electron chi connectivity index (χ4n) is 2.17. The molecule has 3 aromatic rings. The Balaban J connectivity index is 1.65. The van der Waals surface area contributed by atoms with E-state index in [2.05, 4.69) is 36.4 Å². The highest BCUT2D eigenvalue weighted by Crippen LogP contribution is 2.27. The van der Waals surface area contributed by atoms with Gasteiger partial charge in [-0.1, -0.05) is 63.6 Å². The molecule has 0 saturated heterocycles. The topological polar surface area (TPSA) is 70.7 Å². The van der Waals surface area contributed by atoms with Crippen molar-refractivity contribution in [3.8, 4) is 11.4 Å². The number of hydrogen-bond acceptors (Lipinski definition) is 4. The molecule has 0 bridgehead atoms. The normalized spacial score (nSPS) is 12.0. The van der Waals surface area contributed by atoms with Gasteiger partial charge in [0.2, 0.25) is 11.1 Å². The maximum Gasteiger partial charge on any atom is 0.237 e. The monoisotopic (exact) mass is 416 g/mol. The van der Waals surface area contributed by atoms with Crippen molar-refractivity contribution in [2.45, 2.75) is 24.3 Å². The molecule has 3 rings (SSSR count). The van der Waals surface area contributed by atoms with Crippen LogP contribution >= 0.6 is 27.7 Å². The van der Waals surface area contributed by atoms with Crippen molar-refractivity contribution in [3.05, 3.63) is 58.6 Å². The van der Waals surface area contributed by atoms with Crippen LogP contribution in [0.3, 0.4) is 0 Å². The number of amides is 1. The zero-order valence-electron chi connectivity index (χ0n) is 13.8. The van der Waals surface area contributed by atoms with Crippen molar-refractivity contribution in [1.29, 1.82) is 0 Å². The maximum absolute atomic E-state index is 12.3. The molecule has 0 fully saturated rings. The molecule has 0 unspecified atom stereocenters. The van der Waals surface area contributed by atoms with Crippen LogP contribution in [0.4, 0.5) is 5.69 Å². The standard InChI is InChI=1S/C18H17BrN4OS/c1-11-7-9-13(10-8-11)20-17(24)12(2)25-18-21-16(22-23-18)14-5-3-4-6-15(14)19/h3-10,12H,1-2H3,(H,20,24)(H,21,22,23)/t12-/m1/s1. The smallest absolute Gasteiger partial charge is 0.237 e. The summed E-state index contributed by atoms with van der Waals surface area (Å²) in [6.45, 7) is 3.85. The molecule has 5 nitrogen and oxygen atoms in total. The van der Waals surface area contributed by atoms with Gasteiger partial charge in [0.15, 0.2) is 5.82 Å². The highest BCUT2D eigenvalue weighted by molar-refractivity contribution is 9.10. The van der Waals surface area contributed by atoms with Crippen molar-refractivity contribution >= 4 is 39.3 Å².